The van der Waals surface area contributed by atoms with E-state index in [2.05, 4.69) is 35.2 Å². The highest BCUT2D eigenvalue weighted by Crippen LogP contribution is 2.42. The second-order valence-electron chi connectivity index (χ2n) is 5.85. The van der Waals surface area contributed by atoms with E-state index in [4.69, 9.17) is 4.74 Å². The van der Waals surface area contributed by atoms with Crippen molar-refractivity contribution >= 4 is 5.97 Å². The molecule has 2 aromatic carbocycles. The maximum absolute atomic E-state index is 12.2. The van der Waals surface area contributed by atoms with E-state index < -0.39 is 0 Å². The van der Waals surface area contributed by atoms with Crippen LogP contribution in [0.1, 0.15) is 17.0 Å². The van der Waals surface area contributed by atoms with Crippen LogP contribution in [0.4, 0.5) is 0 Å². The van der Waals surface area contributed by atoms with Crippen molar-refractivity contribution < 1.29 is 9.53 Å². The number of nitrogens with zero attached hydrogens (tertiary/aromatic N) is 1. The number of hydrogen-bond acceptors (Lipinski definition) is 3. The highest BCUT2D eigenvalue weighted by molar-refractivity contribution is 5.80. The van der Waals surface area contributed by atoms with Gasteiger partial charge in [0.2, 0.25) is 0 Å². The number of para-hydroxylation sites is 1. The Morgan fingerprint density at radius 2 is 1.67 bits per heavy atom. The molecule has 0 N–H and O–H groups in total. The monoisotopic (exact) mass is 279 g/mol. The largest absolute Gasteiger partial charge is 0.426 e. The third kappa shape index (κ3) is 2.24. The zero-order chi connectivity index (χ0) is 14.2. The van der Waals surface area contributed by atoms with Gasteiger partial charge in [-0.1, -0.05) is 48.5 Å². The van der Waals surface area contributed by atoms with Crippen LogP contribution in [0, 0.1) is 5.92 Å². The lowest BCUT2D eigenvalue weighted by Crippen LogP contribution is -2.31. The number of carbonyl (C=O) groups excluding carboxylic acids is 1. The fraction of sp³-hybridized carbons (Fsp3) is 0.278. The summed E-state index contributed by atoms with van der Waals surface area (Å²) in [5.74, 6) is 0.911. The Kier molecular flexibility index (Phi) is 3.00. The molecule has 0 aromatic heterocycles. The third-order valence-electron chi connectivity index (χ3n) is 4.48. The van der Waals surface area contributed by atoms with Gasteiger partial charge in [0.25, 0.3) is 0 Å². The van der Waals surface area contributed by atoms with E-state index in [-0.39, 0.29) is 17.8 Å². The number of fused-ring (bicyclic) bond motifs is 3. The Labute approximate surface area is 124 Å². The van der Waals surface area contributed by atoms with Gasteiger partial charge in [0, 0.05) is 31.1 Å². The van der Waals surface area contributed by atoms with E-state index in [0.29, 0.717) is 0 Å². The van der Waals surface area contributed by atoms with E-state index in [1.54, 1.807) is 0 Å². The van der Waals surface area contributed by atoms with Gasteiger partial charge < -0.3 is 4.74 Å². The molecule has 21 heavy (non-hydrogen) atoms. The SMILES string of the molecule is O=C1Oc2ccccc2[C@H]2CN(Cc3ccccc3)C[C@H]12. The Hall–Kier alpha value is -2.13. The summed E-state index contributed by atoms with van der Waals surface area (Å²) in [7, 11) is 0. The average Bonchev–Trinajstić information content (AvgIpc) is 2.93. The maximum atomic E-state index is 12.2. The van der Waals surface area contributed by atoms with Gasteiger partial charge in [-0.15, -0.1) is 0 Å². The van der Waals surface area contributed by atoms with Crippen LogP contribution in [0.25, 0.3) is 0 Å². The van der Waals surface area contributed by atoms with Crippen molar-refractivity contribution in [3.05, 3.63) is 65.7 Å². The van der Waals surface area contributed by atoms with Crippen LogP contribution in [0.3, 0.4) is 0 Å². The van der Waals surface area contributed by atoms with Crippen LogP contribution in [-0.4, -0.2) is 24.0 Å². The Morgan fingerprint density at radius 3 is 2.52 bits per heavy atom. The third-order valence-corrected chi connectivity index (χ3v) is 4.48. The molecule has 2 aromatic rings. The second-order valence-corrected chi connectivity index (χ2v) is 5.85. The summed E-state index contributed by atoms with van der Waals surface area (Å²) in [5.41, 5.74) is 2.47. The molecule has 3 heteroatoms. The minimum Gasteiger partial charge on any atom is -0.426 e. The van der Waals surface area contributed by atoms with Gasteiger partial charge in [0.05, 0.1) is 5.92 Å². The van der Waals surface area contributed by atoms with Crippen molar-refractivity contribution in [3.63, 3.8) is 0 Å². The van der Waals surface area contributed by atoms with Crippen LogP contribution in [-0.2, 0) is 11.3 Å². The van der Waals surface area contributed by atoms with E-state index in [1.807, 2.05) is 24.3 Å². The summed E-state index contributed by atoms with van der Waals surface area (Å²) in [6.45, 7) is 2.60. The van der Waals surface area contributed by atoms with Gasteiger partial charge >= 0.3 is 5.97 Å². The first-order chi connectivity index (χ1) is 10.3. The smallest absolute Gasteiger partial charge is 0.316 e. The Bertz CT molecular complexity index is 668. The molecule has 0 amide bonds. The van der Waals surface area contributed by atoms with Gasteiger partial charge in [0.1, 0.15) is 5.75 Å². The molecule has 0 unspecified atom stereocenters. The zero-order valence-corrected chi connectivity index (χ0v) is 11.7. The first kappa shape index (κ1) is 12.6. The molecule has 2 atom stereocenters. The first-order valence-electron chi connectivity index (χ1n) is 7.38. The fourth-order valence-electron chi connectivity index (χ4n) is 3.47. The minimum atomic E-state index is -0.0748. The molecule has 2 heterocycles. The molecule has 1 fully saturated rings. The van der Waals surface area contributed by atoms with E-state index in [1.165, 1.54) is 11.1 Å². The van der Waals surface area contributed by atoms with Crippen LogP contribution in [0.5, 0.6) is 5.75 Å². The molecule has 3 nitrogen and oxygen atoms in total. The van der Waals surface area contributed by atoms with Crippen molar-refractivity contribution in [1.29, 1.82) is 0 Å². The molecule has 2 aliphatic rings. The summed E-state index contributed by atoms with van der Waals surface area (Å²) in [6.07, 6.45) is 0. The number of carbonyl (C=O) groups is 1. The van der Waals surface area contributed by atoms with Crippen molar-refractivity contribution in [2.24, 2.45) is 5.92 Å². The molecule has 0 saturated carbocycles. The Morgan fingerprint density at radius 1 is 0.952 bits per heavy atom. The predicted octanol–water partition coefficient (Wildman–Crippen LogP) is 2.82. The lowest BCUT2D eigenvalue weighted by Gasteiger charge is -2.25. The molecule has 2 aliphatic heterocycles. The van der Waals surface area contributed by atoms with Gasteiger partial charge in [-0.05, 0) is 11.6 Å². The summed E-state index contributed by atoms with van der Waals surface area (Å²) in [6, 6.07) is 18.3. The van der Waals surface area contributed by atoms with Crippen LogP contribution >= 0.6 is 0 Å². The highest BCUT2D eigenvalue weighted by Gasteiger charge is 2.43. The van der Waals surface area contributed by atoms with Crippen molar-refractivity contribution in [2.75, 3.05) is 13.1 Å². The standard InChI is InChI=1S/C18H17NO2/c20-18-16-12-19(10-13-6-2-1-3-7-13)11-15(16)14-8-4-5-9-17(14)21-18/h1-9,15-16H,10-12H2/t15-,16+/m1/s1. The lowest BCUT2D eigenvalue weighted by molar-refractivity contribution is -0.140. The van der Waals surface area contributed by atoms with Crippen LogP contribution < -0.4 is 4.74 Å². The highest BCUT2D eigenvalue weighted by atomic mass is 16.5. The first-order valence-corrected chi connectivity index (χ1v) is 7.38. The van der Waals surface area contributed by atoms with Crippen LogP contribution in [0.15, 0.2) is 54.6 Å². The second kappa shape index (κ2) is 5.01. The molecule has 0 radical (unpaired) electrons. The fourth-order valence-corrected chi connectivity index (χ4v) is 3.47. The van der Waals surface area contributed by atoms with Crippen molar-refractivity contribution in [3.8, 4) is 5.75 Å². The number of ether oxygens (including phenoxy) is 1. The number of likely N-dealkylation sites (tertiary alicyclic amines) is 1. The van der Waals surface area contributed by atoms with Gasteiger partial charge in [-0.3, -0.25) is 9.69 Å². The zero-order valence-electron chi connectivity index (χ0n) is 11.7. The molecule has 0 aliphatic carbocycles. The maximum Gasteiger partial charge on any atom is 0.316 e. The summed E-state index contributed by atoms with van der Waals surface area (Å²) >= 11 is 0. The minimum absolute atomic E-state index is 0.0244. The molecular weight excluding hydrogens is 262 g/mol. The summed E-state index contributed by atoms with van der Waals surface area (Å²) in [5, 5.41) is 0. The van der Waals surface area contributed by atoms with Gasteiger partial charge in [0.15, 0.2) is 0 Å². The van der Waals surface area contributed by atoms with E-state index >= 15 is 0 Å². The molecular formula is C18H17NO2. The Balaban J connectivity index is 1.58. The summed E-state index contributed by atoms with van der Waals surface area (Å²) in [4.78, 5) is 14.5. The number of esters is 1. The predicted molar refractivity (Wildman–Crippen MR) is 80.0 cm³/mol. The van der Waals surface area contributed by atoms with Crippen molar-refractivity contribution in [1.82, 2.24) is 4.90 Å². The van der Waals surface area contributed by atoms with E-state index in [9.17, 15) is 4.79 Å². The van der Waals surface area contributed by atoms with E-state index in [0.717, 1.165) is 25.4 Å². The van der Waals surface area contributed by atoms with Crippen molar-refractivity contribution in [2.45, 2.75) is 12.5 Å². The van der Waals surface area contributed by atoms with Crippen LogP contribution in [0.2, 0.25) is 0 Å². The normalized spacial score (nSPS) is 24.3. The topological polar surface area (TPSA) is 29.5 Å². The molecule has 0 spiro atoms. The summed E-state index contributed by atoms with van der Waals surface area (Å²) < 4.78 is 5.48. The van der Waals surface area contributed by atoms with Gasteiger partial charge in [-0.25, -0.2) is 0 Å². The van der Waals surface area contributed by atoms with Gasteiger partial charge in [-0.2, -0.15) is 0 Å². The molecule has 4 rings (SSSR count). The molecule has 1 saturated heterocycles. The lowest BCUT2D eigenvalue weighted by atomic mass is 9.86. The average molecular weight is 279 g/mol. The number of benzene rings is 2. The molecule has 106 valence electrons. The number of hydrogen-bond donors (Lipinski definition) is 0. The number of rotatable bonds is 2. The molecule has 0 bridgehead atoms. The quantitative estimate of drug-likeness (QED) is 0.625.